The van der Waals surface area contributed by atoms with Crippen molar-refractivity contribution < 1.29 is 14.3 Å². The molecule has 0 aromatic heterocycles. The van der Waals surface area contributed by atoms with Gasteiger partial charge < -0.3 is 15.0 Å². The number of rotatable bonds is 5. The lowest BCUT2D eigenvalue weighted by atomic mass is 10.1. The van der Waals surface area contributed by atoms with E-state index in [0.717, 1.165) is 35.5 Å². The monoisotopic (exact) mass is 405 g/mol. The van der Waals surface area contributed by atoms with Crippen LogP contribution in [0, 0.1) is 6.92 Å². The fraction of sp³-hybridized carbons (Fsp3) is 0.333. The Labute approximate surface area is 177 Å². The van der Waals surface area contributed by atoms with E-state index in [0.29, 0.717) is 5.75 Å². The van der Waals surface area contributed by atoms with Crippen molar-refractivity contribution >= 4 is 23.7 Å². The molecule has 0 radical (unpaired) electrons. The fourth-order valence-electron chi connectivity index (χ4n) is 4.03. The summed E-state index contributed by atoms with van der Waals surface area (Å²) in [5, 5.41) is 2.70. The summed E-state index contributed by atoms with van der Waals surface area (Å²) in [5.41, 5.74) is 4.16. The van der Waals surface area contributed by atoms with Crippen LogP contribution in [-0.2, 0) is 11.3 Å². The van der Waals surface area contributed by atoms with E-state index in [1.807, 2.05) is 49.4 Å². The molecule has 2 aromatic carbocycles. The number of hydrogen-bond acceptors (Lipinski definition) is 4. The molecule has 2 fully saturated rings. The summed E-state index contributed by atoms with van der Waals surface area (Å²) < 4.78 is 5.58. The molecule has 6 nitrogen and oxygen atoms in total. The second-order valence-corrected chi connectivity index (χ2v) is 7.84. The molecule has 0 spiro atoms. The summed E-state index contributed by atoms with van der Waals surface area (Å²) in [5.74, 6) is 0.355. The lowest BCUT2D eigenvalue weighted by molar-refractivity contribution is -0.123. The summed E-state index contributed by atoms with van der Waals surface area (Å²) >= 11 is 0. The summed E-state index contributed by atoms with van der Waals surface area (Å²) in [6.45, 7) is 4.33. The summed E-state index contributed by atoms with van der Waals surface area (Å²) in [7, 11) is 1.62. The topological polar surface area (TPSA) is 61.9 Å². The minimum Gasteiger partial charge on any atom is -0.496 e. The van der Waals surface area contributed by atoms with Crippen molar-refractivity contribution in [2.45, 2.75) is 32.7 Å². The number of nitrogens with zero attached hydrogens (tertiary/aromatic N) is 2. The Kier molecular flexibility index (Phi) is 5.74. The highest BCUT2D eigenvalue weighted by atomic mass is 16.5. The molecular formula is C24H27N3O3. The highest BCUT2D eigenvalue weighted by molar-refractivity contribution is 6.14. The van der Waals surface area contributed by atoms with E-state index in [1.165, 1.54) is 24.2 Å². The Morgan fingerprint density at radius 3 is 2.60 bits per heavy atom. The first kappa shape index (κ1) is 20.0. The molecule has 2 aliphatic rings. The van der Waals surface area contributed by atoms with Gasteiger partial charge in [0, 0.05) is 30.4 Å². The number of anilines is 1. The number of ether oxygens (including phenoxy) is 1. The van der Waals surface area contributed by atoms with Crippen LogP contribution in [0.4, 0.5) is 10.5 Å². The second-order valence-electron chi connectivity index (χ2n) is 7.84. The molecule has 2 heterocycles. The van der Waals surface area contributed by atoms with Gasteiger partial charge in [0.2, 0.25) is 0 Å². The van der Waals surface area contributed by atoms with Crippen molar-refractivity contribution in [2.75, 3.05) is 25.1 Å². The predicted molar refractivity (Wildman–Crippen MR) is 117 cm³/mol. The van der Waals surface area contributed by atoms with Crippen LogP contribution in [0.1, 0.15) is 36.0 Å². The molecule has 0 aliphatic carbocycles. The number of amides is 3. The van der Waals surface area contributed by atoms with E-state index in [-0.39, 0.29) is 18.1 Å². The molecular weight excluding hydrogens is 378 g/mol. The van der Waals surface area contributed by atoms with E-state index in [2.05, 4.69) is 10.2 Å². The number of benzene rings is 2. The molecule has 30 heavy (non-hydrogen) atoms. The van der Waals surface area contributed by atoms with Gasteiger partial charge in [-0.05, 0) is 50.0 Å². The van der Waals surface area contributed by atoms with Crippen LogP contribution in [0.15, 0.2) is 48.2 Å². The Morgan fingerprint density at radius 1 is 1.07 bits per heavy atom. The predicted octanol–water partition coefficient (Wildman–Crippen LogP) is 4.09. The number of aryl methyl sites for hydroxylation is 1. The van der Waals surface area contributed by atoms with Gasteiger partial charge in [-0.25, -0.2) is 4.79 Å². The zero-order chi connectivity index (χ0) is 21.1. The molecule has 0 unspecified atom stereocenters. The van der Waals surface area contributed by atoms with Crippen molar-refractivity contribution in [3.05, 3.63) is 64.9 Å². The number of methoxy groups -OCH3 is 1. The summed E-state index contributed by atoms with van der Waals surface area (Å²) in [4.78, 5) is 28.8. The first-order valence-electron chi connectivity index (χ1n) is 10.4. The van der Waals surface area contributed by atoms with E-state index < -0.39 is 6.03 Å². The summed E-state index contributed by atoms with van der Waals surface area (Å²) in [6, 6.07) is 13.4. The average molecular weight is 405 g/mol. The molecule has 1 N–H and O–H groups in total. The first-order chi connectivity index (χ1) is 14.5. The van der Waals surface area contributed by atoms with Crippen molar-refractivity contribution in [1.82, 2.24) is 10.2 Å². The molecule has 6 heteroatoms. The van der Waals surface area contributed by atoms with Crippen LogP contribution in [0.25, 0.3) is 6.08 Å². The van der Waals surface area contributed by atoms with E-state index in [4.69, 9.17) is 4.74 Å². The quantitative estimate of drug-likeness (QED) is 0.601. The van der Waals surface area contributed by atoms with Crippen molar-refractivity contribution in [1.29, 1.82) is 0 Å². The fourth-order valence-corrected chi connectivity index (χ4v) is 4.03. The van der Waals surface area contributed by atoms with E-state index in [1.54, 1.807) is 13.2 Å². The third-order valence-corrected chi connectivity index (χ3v) is 5.62. The zero-order valence-corrected chi connectivity index (χ0v) is 17.5. The third kappa shape index (κ3) is 4.17. The minimum absolute atomic E-state index is 0.245. The highest BCUT2D eigenvalue weighted by Crippen LogP contribution is 2.30. The van der Waals surface area contributed by atoms with Gasteiger partial charge in [-0.2, -0.15) is 0 Å². The van der Waals surface area contributed by atoms with Gasteiger partial charge in [0.05, 0.1) is 13.7 Å². The minimum atomic E-state index is -0.406. The molecule has 3 amide bonds. The van der Waals surface area contributed by atoms with Crippen LogP contribution >= 0.6 is 0 Å². The zero-order valence-electron chi connectivity index (χ0n) is 17.5. The summed E-state index contributed by atoms with van der Waals surface area (Å²) in [6.07, 6.45) is 5.37. The van der Waals surface area contributed by atoms with Gasteiger partial charge in [0.1, 0.15) is 11.4 Å². The van der Waals surface area contributed by atoms with Crippen LogP contribution < -0.4 is 15.0 Å². The van der Waals surface area contributed by atoms with Gasteiger partial charge in [0.25, 0.3) is 5.91 Å². The van der Waals surface area contributed by atoms with Crippen LogP contribution in [0.2, 0.25) is 0 Å². The van der Waals surface area contributed by atoms with Crippen molar-refractivity contribution in [2.24, 2.45) is 0 Å². The highest BCUT2D eigenvalue weighted by Gasteiger charge is 2.33. The van der Waals surface area contributed by atoms with Gasteiger partial charge >= 0.3 is 6.03 Å². The number of nitrogens with one attached hydrogen (secondary N) is 1. The van der Waals surface area contributed by atoms with Crippen molar-refractivity contribution in [3.63, 3.8) is 0 Å². The lowest BCUT2D eigenvalue weighted by Gasteiger charge is -2.29. The molecule has 2 aromatic rings. The van der Waals surface area contributed by atoms with E-state index in [9.17, 15) is 9.59 Å². The molecule has 156 valence electrons. The lowest BCUT2D eigenvalue weighted by Crippen LogP contribution is -2.30. The average Bonchev–Trinajstić information content (AvgIpc) is 3.02. The first-order valence-corrected chi connectivity index (χ1v) is 10.4. The molecule has 4 rings (SSSR count). The Bertz CT molecular complexity index is 993. The second kappa shape index (κ2) is 8.61. The maximum Gasteiger partial charge on any atom is 0.329 e. The van der Waals surface area contributed by atoms with E-state index >= 15 is 0 Å². The Balaban J connectivity index is 1.55. The SMILES string of the molecule is COc1cc(N2CCCCC2)ccc1/C=C1/NC(=O)N(Cc2cccc(C)c2)C1=O. The standard InChI is InChI=1S/C24H27N3O3/c1-17-7-6-8-18(13-17)16-27-23(28)21(25-24(27)29)14-19-9-10-20(15-22(19)30-2)26-11-4-3-5-12-26/h6-10,13-15H,3-5,11-12,16H2,1-2H3,(H,25,29)/b21-14+. The normalized spacial score (nSPS) is 18.1. The van der Waals surface area contributed by atoms with Gasteiger partial charge in [-0.15, -0.1) is 0 Å². The van der Waals surface area contributed by atoms with Gasteiger partial charge in [0.15, 0.2) is 0 Å². The maximum atomic E-state index is 12.8. The number of piperidine rings is 1. The van der Waals surface area contributed by atoms with Gasteiger partial charge in [-0.3, -0.25) is 9.69 Å². The molecule has 0 saturated carbocycles. The Morgan fingerprint density at radius 2 is 1.87 bits per heavy atom. The smallest absolute Gasteiger partial charge is 0.329 e. The number of carbonyl (C=O) groups excluding carboxylic acids is 2. The van der Waals surface area contributed by atoms with Crippen molar-refractivity contribution in [3.8, 4) is 5.75 Å². The Hall–Kier alpha value is -3.28. The van der Waals surface area contributed by atoms with Crippen LogP contribution in [-0.4, -0.2) is 37.0 Å². The maximum absolute atomic E-state index is 12.8. The third-order valence-electron chi connectivity index (χ3n) is 5.62. The number of urea groups is 1. The van der Waals surface area contributed by atoms with Gasteiger partial charge in [-0.1, -0.05) is 29.8 Å². The number of hydrogen-bond donors (Lipinski definition) is 1. The molecule has 0 atom stereocenters. The van der Waals surface area contributed by atoms with Crippen LogP contribution in [0.5, 0.6) is 5.75 Å². The number of carbonyl (C=O) groups is 2. The molecule has 2 saturated heterocycles. The molecule has 2 aliphatic heterocycles. The van der Waals surface area contributed by atoms with Crippen LogP contribution in [0.3, 0.4) is 0 Å². The largest absolute Gasteiger partial charge is 0.496 e. The molecule has 0 bridgehead atoms. The number of imide groups is 1.